The Balaban J connectivity index is 1.24. The smallest absolute Gasteiger partial charge is 0.236 e. The van der Waals surface area contributed by atoms with Gasteiger partial charge in [0.15, 0.2) is 10.2 Å². The summed E-state index contributed by atoms with van der Waals surface area (Å²) in [6, 6.07) is 1.67. The van der Waals surface area contributed by atoms with Gasteiger partial charge in [-0.2, -0.15) is 0 Å². The van der Waals surface area contributed by atoms with E-state index < -0.39 is 0 Å². The highest BCUT2D eigenvalue weighted by atomic mass is 32.2. The van der Waals surface area contributed by atoms with E-state index in [9.17, 15) is 9.59 Å². The number of piperazine rings is 1. The monoisotopic (exact) mass is 408 g/mol. The molecule has 1 aliphatic carbocycles. The number of thioether (sulfide) groups is 1. The highest BCUT2D eigenvalue weighted by Crippen LogP contribution is 2.32. The number of carbonyl (C=O) groups excluding carboxylic acids is 2. The summed E-state index contributed by atoms with van der Waals surface area (Å²) in [5.41, 5.74) is 0. The van der Waals surface area contributed by atoms with Crippen LogP contribution in [-0.4, -0.2) is 64.0 Å². The molecule has 1 N–H and O–H groups in total. The number of carbonyl (C=O) groups is 2. The van der Waals surface area contributed by atoms with E-state index in [1.807, 2.05) is 4.90 Å². The van der Waals surface area contributed by atoms with Crippen molar-refractivity contribution in [2.24, 2.45) is 5.92 Å². The molecule has 2 aromatic heterocycles. The van der Waals surface area contributed by atoms with Gasteiger partial charge < -0.3 is 19.6 Å². The van der Waals surface area contributed by atoms with E-state index >= 15 is 0 Å². The van der Waals surface area contributed by atoms with Crippen molar-refractivity contribution >= 4 is 45.9 Å². The molecule has 0 unspecified atom stereocenters. The Hall–Kier alpha value is -2.14. The number of nitrogens with zero attached hydrogens (tertiary/aromatic N) is 5. The van der Waals surface area contributed by atoms with Gasteiger partial charge in [-0.15, -0.1) is 10.2 Å². The number of nitrogens with one attached hydrogen (secondary N) is 1. The number of hydrogen-bond donors (Lipinski definition) is 1. The molecule has 0 aromatic carbocycles. The molecule has 0 spiro atoms. The summed E-state index contributed by atoms with van der Waals surface area (Å²) in [6.07, 6.45) is 2.08. The van der Waals surface area contributed by atoms with Gasteiger partial charge >= 0.3 is 0 Å². The van der Waals surface area contributed by atoms with E-state index in [1.54, 1.807) is 13.0 Å². The zero-order chi connectivity index (χ0) is 18.8. The Kier molecular flexibility index (Phi) is 5.30. The van der Waals surface area contributed by atoms with Crippen molar-refractivity contribution in [1.29, 1.82) is 0 Å². The minimum absolute atomic E-state index is 0.169. The number of hydrogen-bond acceptors (Lipinski definition) is 9. The zero-order valence-electron chi connectivity index (χ0n) is 14.9. The van der Waals surface area contributed by atoms with Crippen LogP contribution in [0.3, 0.4) is 0 Å². The van der Waals surface area contributed by atoms with Crippen molar-refractivity contribution in [1.82, 2.24) is 20.3 Å². The van der Waals surface area contributed by atoms with Crippen molar-refractivity contribution in [2.45, 2.75) is 24.1 Å². The lowest BCUT2D eigenvalue weighted by Gasteiger charge is -2.34. The van der Waals surface area contributed by atoms with Gasteiger partial charge in [-0.25, -0.2) is 0 Å². The first kappa shape index (κ1) is 18.2. The van der Waals surface area contributed by atoms with Gasteiger partial charge in [-0.1, -0.05) is 28.3 Å². The van der Waals surface area contributed by atoms with Gasteiger partial charge in [0, 0.05) is 38.2 Å². The van der Waals surface area contributed by atoms with Crippen LogP contribution in [0.5, 0.6) is 0 Å². The second-order valence-corrected chi connectivity index (χ2v) is 8.78. The Morgan fingerprint density at radius 3 is 2.74 bits per heavy atom. The SMILES string of the molecule is Cc1cc(NC(=O)CSc2nnc(N3CCN(C(=O)C4CC4)CC3)s2)no1. The van der Waals surface area contributed by atoms with Crippen LogP contribution >= 0.6 is 23.1 Å². The maximum atomic E-state index is 12.1. The molecule has 11 heteroatoms. The average molecular weight is 409 g/mol. The highest BCUT2D eigenvalue weighted by molar-refractivity contribution is 8.01. The Morgan fingerprint density at radius 2 is 2.07 bits per heavy atom. The maximum absolute atomic E-state index is 12.1. The van der Waals surface area contributed by atoms with Crippen LogP contribution < -0.4 is 10.2 Å². The third-order valence-electron chi connectivity index (χ3n) is 4.41. The van der Waals surface area contributed by atoms with Crippen molar-refractivity contribution < 1.29 is 14.1 Å². The summed E-state index contributed by atoms with van der Waals surface area (Å²) in [7, 11) is 0. The number of rotatable bonds is 6. The van der Waals surface area contributed by atoms with Gasteiger partial charge in [-0.3, -0.25) is 9.59 Å². The second kappa shape index (κ2) is 7.85. The van der Waals surface area contributed by atoms with Crippen LogP contribution in [0.15, 0.2) is 14.9 Å². The van der Waals surface area contributed by atoms with Crippen LogP contribution in [0, 0.1) is 12.8 Å². The molecule has 0 radical (unpaired) electrons. The summed E-state index contributed by atoms with van der Waals surface area (Å²) in [5, 5.41) is 15.6. The predicted octanol–water partition coefficient (Wildman–Crippen LogP) is 1.62. The fourth-order valence-electron chi connectivity index (χ4n) is 2.83. The summed E-state index contributed by atoms with van der Waals surface area (Å²) in [6.45, 7) is 4.77. The molecular formula is C16H20N6O3S2. The van der Waals surface area contributed by atoms with Crippen molar-refractivity contribution in [3.05, 3.63) is 11.8 Å². The summed E-state index contributed by atoms with van der Waals surface area (Å²) in [5.74, 6) is 1.69. The largest absolute Gasteiger partial charge is 0.360 e. The molecule has 2 fully saturated rings. The molecule has 1 saturated carbocycles. The minimum Gasteiger partial charge on any atom is -0.360 e. The minimum atomic E-state index is -0.169. The quantitative estimate of drug-likeness (QED) is 0.719. The van der Waals surface area contributed by atoms with Gasteiger partial charge in [-0.05, 0) is 19.8 Å². The third-order valence-corrected chi connectivity index (χ3v) is 6.52. The Bertz CT molecular complexity index is 826. The molecule has 27 heavy (non-hydrogen) atoms. The predicted molar refractivity (Wildman–Crippen MR) is 102 cm³/mol. The molecule has 9 nitrogen and oxygen atoms in total. The fraction of sp³-hybridized carbons (Fsp3) is 0.562. The highest BCUT2D eigenvalue weighted by Gasteiger charge is 2.34. The summed E-state index contributed by atoms with van der Waals surface area (Å²) < 4.78 is 5.66. The van der Waals surface area contributed by atoms with E-state index in [4.69, 9.17) is 4.52 Å². The lowest BCUT2D eigenvalue weighted by Crippen LogP contribution is -2.49. The van der Waals surface area contributed by atoms with Gasteiger partial charge in [0.05, 0.1) is 5.75 Å². The molecule has 2 aromatic rings. The van der Waals surface area contributed by atoms with Crippen molar-refractivity contribution in [3.63, 3.8) is 0 Å². The third kappa shape index (κ3) is 4.59. The number of anilines is 2. The van der Waals surface area contributed by atoms with Crippen LogP contribution in [0.25, 0.3) is 0 Å². The molecule has 3 heterocycles. The van der Waals surface area contributed by atoms with Gasteiger partial charge in [0.25, 0.3) is 0 Å². The Morgan fingerprint density at radius 1 is 1.30 bits per heavy atom. The molecule has 0 atom stereocenters. The molecule has 4 rings (SSSR count). The summed E-state index contributed by atoms with van der Waals surface area (Å²) in [4.78, 5) is 28.2. The average Bonchev–Trinajstić information content (AvgIpc) is 3.28. The normalized spacial score (nSPS) is 17.2. The molecule has 144 valence electrons. The van der Waals surface area contributed by atoms with Gasteiger partial charge in [0.1, 0.15) is 5.76 Å². The van der Waals surface area contributed by atoms with E-state index in [1.165, 1.54) is 23.1 Å². The van der Waals surface area contributed by atoms with E-state index in [0.717, 1.165) is 48.5 Å². The molecular weight excluding hydrogens is 388 g/mol. The van der Waals surface area contributed by atoms with Crippen molar-refractivity contribution in [3.8, 4) is 0 Å². The number of amides is 2. The van der Waals surface area contributed by atoms with E-state index in [0.29, 0.717) is 17.5 Å². The molecule has 1 saturated heterocycles. The van der Waals surface area contributed by atoms with Crippen molar-refractivity contribution in [2.75, 3.05) is 42.1 Å². The first-order valence-electron chi connectivity index (χ1n) is 8.82. The molecule has 0 bridgehead atoms. The lowest BCUT2D eigenvalue weighted by atomic mass is 10.3. The first-order chi connectivity index (χ1) is 13.1. The van der Waals surface area contributed by atoms with Crippen LogP contribution in [0.1, 0.15) is 18.6 Å². The topological polar surface area (TPSA) is 104 Å². The summed E-state index contributed by atoms with van der Waals surface area (Å²) >= 11 is 2.81. The Labute approximate surface area is 164 Å². The second-order valence-electron chi connectivity index (χ2n) is 6.60. The number of aryl methyl sites for hydroxylation is 1. The number of aromatic nitrogens is 3. The van der Waals surface area contributed by atoms with E-state index in [-0.39, 0.29) is 17.6 Å². The lowest BCUT2D eigenvalue weighted by molar-refractivity contribution is -0.132. The van der Waals surface area contributed by atoms with Crippen LogP contribution in [0.2, 0.25) is 0 Å². The standard InChI is InChI=1S/C16H20N6O3S2/c1-10-8-12(20-25-10)17-13(23)9-26-16-19-18-15(27-16)22-6-4-21(5-7-22)14(24)11-2-3-11/h8,11H,2-7,9H2,1H3,(H,17,20,23). The van der Waals surface area contributed by atoms with Crippen LogP contribution in [-0.2, 0) is 9.59 Å². The molecule has 2 amide bonds. The van der Waals surface area contributed by atoms with Gasteiger partial charge in [0.2, 0.25) is 16.9 Å². The first-order valence-corrected chi connectivity index (χ1v) is 10.6. The fourth-order valence-corrected chi connectivity index (χ4v) is 4.52. The van der Waals surface area contributed by atoms with Crippen LogP contribution in [0.4, 0.5) is 10.9 Å². The molecule has 2 aliphatic rings. The van der Waals surface area contributed by atoms with E-state index in [2.05, 4.69) is 25.6 Å². The maximum Gasteiger partial charge on any atom is 0.236 e. The zero-order valence-corrected chi connectivity index (χ0v) is 16.5. The molecule has 1 aliphatic heterocycles.